The molecule has 0 radical (unpaired) electrons. The molecule has 0 saturated heterocycles. The standard InChI is InChI=1S/C23H18Cl2N2O5S/c24-16-10-11-20(19(25)14-16)32-15-22(28)31-13-12-27(17-6-2-1-3-7-17)23-18-8-4-5-9-21(18)33(29,30)26-23/h1-11,14H,12-13,15H2. The van der Waals surface area contributed by atoms with E-state index in [9.17, 15) is 13.2 Å². The van der Waals surface area contributed by atoms with Gasteiger partial charge in [-0.05, 0) is 42.5 Å². The molecule has 4 rings (SSSR count). The zero-order valence-electron chi connectivity index (χ0n) is 17.1. The highest BCUT2D eigenvalue weighted by molar-refractivity contribution is 7.90. The number of esters is 1. The molecule has 0 bridgehead atoms. The molecule has 0 aliphatic carbocycles. The second kappa shape index (κ2) is 9.82. The quantitative estimate of drug-likeness (QED) is 0.438. The Morgan fingerprint density at radius 3 is 2.45 bits per heavy atom. The smallest absolute Gasteiger partial charge is 0.344 e. The van der Waals surface area contributed by atoms with Gasteiger partial charge in [-0.2, -0.15) is 8.42 Å². The number of carbonyl (C=O) groups excluding carboxylic acids is 1. The van der Waals surface area contributed by atoms with E-state index in [1.165, 1.54) is 12.1 Å². The molecule has 170 valence electrons. The molecule has 0 fully saturated rings. The van der Waals surface area contributed by atoms with E-state index >= 15 is 0 Å². The minimum Gasteiger partial charge on any atom is -0.480 e. The molecule has 1 aliphatic heterocycles. The van der Waals surface area contributed by atoms with E-state index in [0.29, 0.717) is 22.0 Å². The molecular formula is C23H18Cl2N2O5S. The lowest BCUT2D eigenvalue weighted by Crippen LogP contribution is -2.34. The van der Waals surface area contributed by atoms with E-state index < -0.39 is 16.0 Å². The van der Waals surface area contributed by atoms with Crippen LogP contribution in [0.1, 0.15) is 5.56 Å². The molecule has 3 aromatic rings. The number of hydrogen-bond donors (Lipinski definition) is 0. The number of anilines is 1. The highest BCUT2D eigenvalue weighted by Crippen LogP contribution is 2.30. The van der Waals surface area contributed by atoms with Crippen LogP contribution >= 0.6 is 23.2 Å². The maximum atomic E-state index is 12.5. The molecule has 0 aromatic heterocycles. The lowest BCUT2D eigenvalue weighted by molar-refractivity contribution is -0.145. The van der Waals surface area contributed by atoms with E-state index in [-0.39, 0.29) is 35.5 Å². The normalized spacial score (nSPS) is 13.7. The van der Waals surface area contributed by atoms with Gasteiger partial charge in [0.05, 0.1) is 11.6 Å². The molecule has 0 amide bonds. The van der Waals surface area contributed by atoms with Crippen molar-refractivity contribution in [3.63, 3.8) is 0 Å². The maximum absolute atomic E-state index is 12.5. The first-order chi connectivity index (χ1) is 15.8. The predicted molar refractivity (Wildman–Crippen MR) is 127 cm³/mol. The van der Waals surface area contributed by atoms with Gasteiger partial charge >= 0.3 is 5.97 Å². The maximum Gasteiger partial charge on any atom is 0.344 e. The van der Waals surface area contributed by atoms with Crippen LogP contribution in [0.3, 0.4) is 0 Å². The summed E-state index contributed by atoms with van der Waals surface area (Å²) in [6.45, 7) is -0.183. The first kappa shape index (κ1) is 23.1. The summed E-state index contributed by atoms with van der Waals surface area (Å²) in [5, 5.41) is 0.735. The number of ether oxygens (including phenoxy) is 2. The minimum atomic E-state index is -3.80. The number of benzene rings is 3. The Kier molecular flexibility index (Phi) is 6.88. The fourth-order valence-corrected chi connectivity index (χ4v) is 4.94. The van der Waals surface area contributed by atoms with Gasteiger partial charge in [0.1, 0.15) is 17.3 Å². The molecule has 0 unspecified atom stereocenters. The van der Waals surface area contributed by atoms with Gasteiger partial charge in [0.25, 0.3) is 10.0 Å². The van der Waals surface area contributed by atoms with Gasteiger partial charge in [-0.3, -0.25) is 0 Å². The van der Waals surface area contributed by atoms with Crippen LogP contribution in [0.4, 0.5) is 5.69 Å². The highest BCUT2D eigenvalue weighted by atomic mass is 35.5. The number of fused-ring (bicyclic) bond motifs is 1. The largest absolute Gasteiger partial charge is 0.480 e. The molecule has 0 spiro atoms. The van der Waals surface area contributed by atoms with Gasteiger partial charge in [0.2, 0.25) is 0 Å². The van der Waals surface area contributed by atoms with Gasteiger partial charge in [-0.1, -0.05) is 53.5 Å². The molecule has 1 heterocycles. The zero-order valence-corrected chi connectivity index (χ0v) is 19.5. The monoisotopic (exact) mass is 504 g/mol. The summed E-state index contributed by atoms with van der Waals surface area (Å²) in [5.41, 5.74) is 1.21. The minimum absolute atomic E-state index is 0.0212. The molecule has 7 nitrogen and oxygen atoms in total. The van der Waals surface area contributed by atoms with Crippen LogP contribution in [0.5, 0.6) is 5.75 Å². The van der Waals surface area contributed by atoms with Gasteiger partial charge in [-0.25, -0.2) is 4.79 Å². The van der Waals surface area contributed by atoms with E-state index in [1.54, 1.807) is 35.2 Å². The van der Waals surface area contributed by atoms with Gasteiger partial charge in [0, 0.05) is 16.3 Å². The second-order valence-corrected chi connectivity index (χ2v) is 9.37. The van der Waals surface area contributed by atoms with Crippen molar-refractivity contribution in [1.29, 1.82) is 0 Å². The van der Waals surface area contributed by atoms with Crippen LogP contribution < -0.4 is 9.64 Å². The SMILES string of the molecule is O=C(COc1ccc(Cl)cc1Cl)OCCN(C1=NS(=O)(=O)c2ccccc21)c1ccccc1. The van der Waals surface area contributed by atoms with Crippen LogP contribution in [0.2, 0.25) is 10.0 Å². The zero-order chi connectivity index (χ0) is 23.4. The van der Waals surface area contributed by atoms with Crippen LogP contribution in [-0.2, 0) is 19.6 Å². The number of nitrogens with zero attached hydrogens (tertiary/aromatic N) is 2. The van der Waals surface area contributed by atoms with Crippen molar-refractivity contribution in [2.24, 2.45) is 4.40 Å². The van der Waals surface area contributed by atoms with Gasteiger partial charge in [0.15, 0.2) is 12.4 Å². The number of para-hydroxylation sites is 1. The summed E-state index contributed by atoms with van der Waals surface area (Å²) in [6, 6.07) is 20.4. The van der Waals surface area contributed by atoms with Crippen molar-refractivity contribution in [1.82, 2.24) is 0 Å². The summed E-state index contributed by atoms with van der Waals surface area (Å²) in [6.07, 6.45) is 0. The third-order valence-electron chi connectivity index (χ3n) is 4.75. The number of carbonyl (C=O) groups is 1. The molecular weight excluding hydrogens is 487 g/mol. The molecule has 3 aromatic carbocycles. The van der Waals surface area contributed by atoms with Crippen molar-refractivity contribution in [2.75, 3.05) is 24.7 Å². The Labute approximate surface area is 201 Å². The van der Waals surface area contributed by atoms with Crippen LogP contribution in [0.15, 0.2) is 82.1 Å². The van der Waals surface area contributed by atoms with Crippen molar-refractivity contribution in [2.45, 2.75) is 4.90 Å². The number of halogens is 2. The molecule has 0 N–H and O–H groups in total. The lowest BCUT2D eigenvalue weighted by Gasteiger charge is -2.24. The average Bonchev–Trinajstić information content (AvgIpc) is 3.07. The second-order valence-electron chi connectivity index (χ2n) is 6.96. The molecule has 0 saturated carbocycles. The van der Waals surface area contributed by atoms with E-state index in [4.69, 9.17) is 32.7 Å². The van der Waals surface area contributed by atoms with Gasteiger partial charge < -0.3 is 14.4 Å². The Morgan fingerprint density at radius 2 is 1.70 bits per heavy atom. The summed E-state index contributed by atoms with van der Waals surface area (Å²) in [4.78, 5) is 14.0. The Balaban J connectivity index is 1.45. The summed E-state index contributed by atoms with van der Waals surface area (Å²) in [5.74, 6) is -0.0153. The number of sulfonamides is 1. The van der Waals surface area contributed by atoms with Crippen LogP contribution in [-0.4, -0.2) is 40.0 Å². The molecule has 10 heteroatoms. The molecule has 0 atom stereocenters. The van der Waals surface area contributed by atoms with Crippen molar-refractivity contribution in [3.8, 4) is 5.75 Å². The highest BCUT2D eigenvalue weighted by Gasteiger charge is 2.32. The Bertz CT molecular complexity index is 1310. The average molecular weight is 505 g/mol. The fraction of sp³-hybridized carbons (Fsp3) is 0.130. The molecule has 33 heavy (non-hydrogen) atoms. The Hall–Kier alpha value is -3.07. The molecule has 1 aliphatic rings. The predicted octanol–water partition coefficient (Wildman–Crippen LogP) is 4.57. The summed E-state index contributed by atoms with van der Waals surface area (Å²) < 4.78 is 39.7. The number of hydrogen-bond acceptors (Lipinski definition) is 6. The third kappa shape index (κ3) is 5.30. The van der Waals surface area contributed by atoms with Crippen LogP contribution in [0, 0.1) is 0 Å². The van der Waals surface area contributed by atoms with Crippen molar-refractivity contribution < 1.29 is 22.7 Å². The summed E-state index contributed by atoms with van der Waals surface area (Å²) in [7, 11) is -3.80. The van der Waals surface area contributed by atoms with E-state index in [0.717, 1.165) is 0 Å². The van der Waals surface area contributed by atoms with E-state index in [2.05, 4.69) is 4.40 Å². The first-order valence-corrected chi connectivity index (χ1v) is 12.1. The van der Waals surface area contributed by atoms with Gasteiger partial charge in [-0.15, -0.1) is 4.40 Å². The van der Waals surface area contributed by atoms with Crippen molar-refractivity contribution in [3.05, 3.63) is 88.4 Å². The third-order valence-corrected chi connectivity index (χ3v) is 6.61. The van der Waals surface area contributed by atoms with Crippen molar-refractivity contribution >= 4 is 50.7 Å². The van der Waals surface area contributed by atoms with Crippen LogP contribution in [0.25, 0.3) is 0 Å². The number of rotatable bonds is 7. The summed E-state index contributed by atoms with van der Waals surface area (Å²) >= 11 is 11.9. The Morgan fingerprint density at radius 1 is 0.970 bits per heavy atom. The topological polar surface area (TPSA) is 85.3 Å². The lowest BCUT2D eigenvalue weighted by atomic mass is 10.1. The first-order valence-electron chi connectivity index (χ1n) is 9.85. The number of amidine groups is 1. The fourth-order valence-electron chi connectivity index (χ4n) is 3.27. The van der Waals surface area contributed by atoms with E-state index in [1.807, 2.05) is 30.3 Å².